The average molecular weight is 575 g/mol. The second-order valence-electron chi connectivity index (χ2n) is 12.2. The second kappa shape index (κ2) is 35.0. The standard InChI is InChI=1S/C38H70O3/c1-3-5-7-9-11-13-15-17-19-21-23-25-27-29-31-33-37(39)35-41-36-38(40)34-32-30-28-26-24-22-20-18-16-14-12-10-8-6-4-2/h17-20H,3-16,21-36H2,1-2H3. The molecule has 0 spiro atoms. The third-order valence-corrected chi connectivity index (χ3v) is 7.96. The van der Waals surface area contributed by atoms with E-state index in [1.807, 2.05) is 0 Å². The Hall–Kier alpha value is -1.22. The van der Waals surface area contributed by atoms with E-state index in [-0.39, 0.29) is 24.8 Å². The molecule has 240 valence electrons. The van der Waals surface area contributed by atoms with Crippen LogP contribution in [0.15, 0.2) is 24.3 Å². The predicted molar refractivity (Wildman–Crippen MR) is 180 cm³/mol. The van der Waals surface area contributed by atoms with Crippen LogP contribution in [-0.2, 0) is 14.3 Å². The van der Waals surface area contributed by atoms with Gasteiger partial charge in [-0.3, -0.25) is 9.59 Å². The molecule has 0 amide bonds. The van der Waals surface area contributed by atoms with E-state index in [1.54, 1.807) is 0 Å². The van der Waals surface area contributed by atoms with Crippen LogP contribution in [-0.4, -0.2) is 24.8 Å². The van der Waals surface area contributed by atoms with E-state index < -0.39 is 0 Å². The first-order valence-corrected chi connectivity index (χ1v) is 18.1. The molecule has 0 aromatic rings. The third kappa shape index (κ3) is 34.9. The van der Waals surface area contributed by atoms with Crippen molar-refractivity contribution in [3.05, 3.63) is 24.3 Å². The molecule has 0 bridgehead atoms. The zero-order chi connectivity index (χ0) is 29.9. The minimum absolute atomic E-state index is 0.0987. The molecule has 3 heteroatoms. The summed E-state index contributed by atoms with van der Waals surface area (Å²) in [5, 5.41) is 0. The van der Waals surface area contributed by atoms with Gasteiger partial charge in [0.1, 0.15) is 13.2 Å². The maximum absolute atomic E-state index is 12.0. The normalized spacial score (nSPS) is 11.8. The molecule has 0 saturated heterocycles. The molecule has 3 nitrogen and oxygen atoms in total. The fourth-order valence-corrected chi connectivity index (χ4v) is 5.21. The Morgan fingerprint density at radius 1 is 0.390 bits per heavy atom. The molecule has 0 heterocycles. The molecular formula is C38H70O3. The van der Waals surface area contributed by atoms with Gasteiger partial charge in [0, 0.05) is 12.8 Å². The number of carbonyl (C=O) groups excluding carboxylic acids is 2. The molecule has 0 aliphatic carbocycles. The van der Waals surface area contributed by atoms with Crippen molar-refractivity contribution < 1.29 is 14.3 Å². The van der Waals surface area contributed by atoms with Crippen LogP contribution >= 0.6 is 0 Å². The monoisotopic (exact) mass is 575 g/mol. The number of ether oxygens (including phenoxy) is 1. The van der Waals surface area contributed by atoms with E-state index in [1.165, 1.54) is 141 Å². The number of carbonyl (C=O) groups is 2. The summed E-state index contributed by atoms with van der Waals surface area (Å²) >= 11 is 0. The molecule has 0 unspecified atom stereocenters. The molecule has 0 aliphatic rings. The average Bonchev–Trinajstić information content (AvgIpc) is 2.97. The number of ketones is 2. The number of hydrogen-bond donors (Lipinski definition) is 0. The van der Waals surface area contributed by atoms with E-state index in [0.29, 0.717) is 12.8 Å². The first-order chi connectivity index (χ1) is 20.2. The highest BCUT2D eigenvalue weighted by Crippen LogP contribution is 2.12. The van der Waals surface area contributed by atoms with E-state index in [9.17, 15) is 9.59 Å². The molecule has 0 N–H and O–H groups in total. The van der Waals surface area contributed by atoms with Gasteiger partial charge in [0.15, 0.2) is 11.6 Å². The Labute approximate surface area is 256 Å². The van der Waals surface area contributed by atoms with Crippen LogP contribution in [0.5, 0.6) is 0 Å². The highest BCUT2D eigenvalue weighted by molar-refractivity contribution is 5.81. The Morgan fingerprint density at radius 3 is 0.976 bits per heavy atom. The number of Topliss-reactive ketones (excluding diaryl/α,β-unsaturated/α-hetero) is 2. The Bertz CT molecular complexity index is 555. The van der Waals surface area contributed by atoms with Crippen molar-refractivity contribution in [2.75, 3.05) is 13.2 Å². The lowest BCUT2D eigenvalue weighted by Gasteiger charge is -2.04. The van der Waals surface area contributed by atoms with Gasteiger partial charge in [-0.15, -0.1) is 0 Å². The lowest BCUT2D eigenvalue weighted by molar-refractivity contribution is -0.128. The maximum Gasteiger partial charge on any atom is 0.158 e. The van der Waals surface area contributed by atoms with Crippen molar-refractivity contribution >= 4 is 11.6 Å². The topological polar surface area (TPSA) is 43.4 Å². The summed E-state index contributed by atoms with van der Waals surface area (Å²) in [6.07, 6.45) is 43.4. The van der Waals surface area contributed by atoms with Crippen LogP contribution in [0.25, 0.3) is 0 Å². The van der Waals surface area contributed by atoms with Gasteiger partial charge in [-0.2, -0.15) is 0 Å². The van der Waals surface area contributed by atoms with Crippen molar-refractivity contribution in [1.82, 2.24) is 0 Å². The van der Waals surface area contributed by atoms with Crippen LogP contribution in [0.3, 0.4) is 0 Å². The van der Waals surface area contributed by atoms with Crippen molar-refractivity contribution in [3.8, 4) is 0 Å². The van der Waals surface area contributed by atoms with Crippen LogP contribution in [0, 0.1) is 0 Å². The maximum atomic E-state index is 12.0. The van der Waals surface area contributed by atoms with Gasteiger partial charge in [-0.05, 0) is 64.2 Å². The summed E-state index contributed by atoms with van der Waals surface area (Å²) in [5.74, 6) is 0.271. The van der Waals surface area contributed by atoms with E-state index in [2.05, 4.69) is 38.2 Å². The Kier molecular flexibility index (Phi) is 33.9. The highest BCUT2D eigenvalue weighted by atomic mass is 16.5. The Balaban J connectivity index is 3.35. The van der Waals surface area contributed by atoms with Crippen LogP contribution in [0.4, 0.5) is 0 Å². The zero-order valence-electron chi connectivity index (χ0n) is 27.7. The van der Waals surface area contributed by atoms with Gasteiger partial charge >= 0.3 is 0 Å². The summed E-state index contributed by atoms with van der Waals surface area (Å²) in [4.78, 5) is 24.0. The zero-order valence-corrected chi connectivity index (χ0v) is 27.7. The minimum atomic E-state index is 0.0987. The summed E-state index contributed by atoms with van der Waals surface area (Å²) in [7, 11) is 0. The van der Waals surface area contributed by atoms with Gasteiger partial charge in [-0.1, -0.05) is 141 Å². The SMILES string of the molecule is CCCCCCCCC=CCCCCCCCC(=O)COCC(=O)CCCCCCCC=CCCCCCCCC. The fourth-order valence-electron chi connectivity index (χ4n) is 5.21. The molecule has 41 heavy (non-hydrogen) atoms. The van der Waals surface area contributed by atoms with Crippen molar-refractivity contribution in [1.29, 1.82) is 0 Å². The number of hydrogen-bond acceptors (Lipinski definition) is 3. The summed E-state index contributed by atoms with van der Waals surface area (Å²) < 4.78 is 5.39. The summed E-state index contributed by atoms with van der Waals surface area (Å²) in [5.41, 5.74) is 0. The first kappa shape index (κ1) is 39.8. The molecule has 0 saturated carbocycles. The molecule has 0 radical (unpaired) electrons. The second-order valence-corrected chi connectivity index (χ2v) is 12.2. The molecule has 0 fully saturated rings. The number of rotatable bonds is 34. The van der Waals surface area contributed by atoms with Crippen molar-refractivity contribution in [2.45, 2.75) is 194 Å². The van der Waals surface area contributed by atoms with Gasteiger partial charge < -0.3 is 4.74 Å². The highest BCUT2D eigenvalue weighted by Gasteiger charge is 2.06. The molecule has 0 aromatic carbocycles. The van der Waals surface area contributed by atoms with E-state index >= 15 is 0 Å². The van der Waals surface area contributed by atoms with Crippen LogP contribution in [0.2, 0.25) is 0 Å². The van der Waals surface area contributed by atoms with Gasteiger partial charge in [-0.25, -0.2) is 0 Å². The minimum Gasteiger partial charge on any atom is -0.366 e. The van der Waals surface area contributed by atoms with Crippen LogP contribution in [0.1, 0.15) is 194 Å². The Morgan fingerprint density at radius 2 is 0.659 bits per heavy atom. The molecule has 0 aliphatic heterocycles. The fraction of sp³-hybridized carbons (Fsp3) is 0.842. The van der Waals surface area contributed by atoms with Crippen molar-refractivity contribution in [2.24, 2.45) is 0 Å². The first-order valence-electron chi connectivity index (χ1n) is 18.1. The van der Waals surface area contributed by atoms with Gasteiger partial charge in [0.05, 0.1) is 0 Å². The lowest BCUT2D eigenvalue weighted by atomic mass is 10.1. The van der Waals surface area contributed by atoms with Gasteiger partial charge in [0.25, 0.3) is 0 Å². The van der Waals surface area contributed by atoms with E-state index in [0.717, 1.165) is 25.7 Å². The quantitative estimate of drug-likeness (QED) is 0.0567. The lowest BCUT2D eigenvalue weighted by Crippen LogP contribution is -2.14. The van der Waals surface area contributed by atoms with E-state index in [4.69, 9.17) is 4.74 Å². The van der Waals surface area contributed by atoms with Gasteiger partial charge in [0.2, 0.25) is 0 Å². The predicted octanol–water partition coefficient (Wildman–Crippen LogP) is 12.2. The van der Waals surface area contributed by atoms with Crippen molar-refractivity contribution in [3.63, 3.8) is 0 Å². The largest absolute Gasteiger partial charge is 0.366 e. The molecule has 0 aromatic heterocycles. The third-order valence-electron chi connectivity index (χ3n) is 7.96. The molecule has 0 rings (SSSR count). The smallest absolute Gasteiger partial charge is 0.158 e. The molecule has 0 atom stereocenters. The summed E-state index contributed by atoms with van der Waals surface area (Å²) in [6, 6.07) is 0. The van der Waals surface area contributed by atoms with Crippen LogP contribution < -0.4 is 0 Å². The summed E-state index contributed by atoms with van der Waals surface area (Å²) in [6.45, 7) is 4.73. The number of unbranched alkanes of at least 4 members (excludes halogenated alkanes) is 22. The number of allylic oxidation sites excluding steroid dienone is 4. The molecular weight excluding hydrogens is 504 g/mol.